The van der Waals surface area contributed by atoms with Crippen LogP contribution in [0.3, 0.4) is 0 Å². The quantitative estimate of drug-likeness (QED) is 0.804. The van der Waals surface area contributed by atoms with E-state index in [1.807, 2.05) is 0 Å². The zero-order valence-electron chi connectivity index (χ0n) is 16.7. The van der Waals surface area contributed by atoms with Crippen molar-refractivity contribution < 1.29 is 4.74 Å². The standard InChI is InChI=1S/C23H31N3O/c1-19-5-3-6-21(24-19)16-25-13-4-11-23(17-25)12-14-26(18-23)15-20-7-9-22(27-2)10-8-20/h3,5-10H,4,11-18H2,1-2H3. The van der Waals surface area contributed by atoms with Gasteiger partial charge < -0.3 is 4.74 Å². The Balaban J connectivity index is 1.35. The van der Waals surface area contributed by atoms with Gasteiger partial charge in [0.1, 0.15) is 5.75 Å². The van der Waals surface area contributed by atoms with Crippen molar-refractivity contribution in [1.29, 1.82) is 0 Å². The van der Waals surface area contributed by atoms with E-state index in [-0.39, 0.29) is 0 Å². The maximum atomic E-state index is 5.27. The number of rotatable bonds is 5. The minimum absolute atomic E-state index is 0.467. The summed E-state index contributed by atoms with van der Waals surface area (Å²) in [5.74, 6) is 0.935. The van der Waals surface area contributed by atoms with Gasteiger partial charge in [0.25, 0.3) is 0 Å². The fraction of sp³-hybridized carbons (Fsp3) is 0.522. The van der Waals surface area contributed by atoms with Crippen molar-refractivity contribution in [3.8, 4) is 5.75 Å². The highest BCUT2D eigenvalue weighted by molar-refractivity contribution is 5.27. The molecule has 1 aromatic carbocycles. The number of likely N-dealkylation sites (tertiary alicyclic amines) is 2. The van der Waals surface area contributed by atoms with Crippen LogP contribution in [0.25, 0.3) is 0 Å². The molecule has 4 nitrogen and oxygen atoms in total. The van der Waals surface area contributed by atoms with E-state index in [0.29, 0.717) is 5.41 Å². The van der Waals surface area contributed by atoms with Crippen LogP contribution >= 0.6 is 0 Å². The maximum absolute atomic E-state index is 5.27. The minimum atomic E-state index is 0.467. The molecule has 0 aliphatic carbocycles. The molecule has 0 bridgehead atoms. The zero-order valence-corrected chi connectivity index (χ0v) is 16.7. The van der Waals surface area contributed by atoms with Crippen LogP contribution in [-0.2, 0) is 13.1 Å². The Hall–Kier alpha value is -1.91. The molecule has 3 heterocycles. The molecule has 1 spiro atoms. The van der Waals surface area contributed by atoms with Gasteiger partial charge in [-0.3, -0.25) is 14.8 Å². The summed E-state index contributed by atoms with van der Waals surface area (Å²) in [6.07, 6.45) is 3.99. The largest absolute Gasteiger partial charge is 0.497 e. The Morgan fingerprint density at radius 3 is 2.48 bits per heavy atom. The third-order valence-electron chi connectivity index (χ3n) is 6.15. The van der Waals surface area contributed by atoms with Crippen molar-refractivity contribution in [3.63, 3.8) is 0 Å². The summed E-state index contributed by atoms with van der Waals surface area (Å²) in [6.45, 7) is 8.96. The number of hydrogen-bond donors (Lipinski definition) is 0. The van der Waals surface area contributed by atoms with Gasteiger partial charge in [0.15, 0.2) is 0 Å². The number of aromatic nitrogens is 1. The van der Waals surface area contributed by atoms with Crippen molar-refractivity contribution in [2.45, 2.75) is 39.3 Å². The highest BCUT2D eigenvalue weighted by atomic mass is 16.5. The van der Waals surface area contributed by atoms with Gasteiger partial charge in [-0.05, 0) is 74.5 Å². The molecule has 2 aliphatic rings. The average molecular weight is 366 g/mol. The Kier molecular flexibility index (Phi) is 5.46. The van der Waals surface area contributed by atoms with Crippen molar-refractivity contribution in [3.05, 3.63) is 59.4 Å². The van der Waals surface area contributed by atoms with Gasteiger partial charge in [0.05, 0.1) is 12.8 Å². The lowest BCUT2D eigenvalue weighted by Crippen LogP contribution is -2.44. The fourth-order valence-electron chi connectivity index (χ4n) is 4.85. The van der Waals surface area contributed by atoms with Gasteiger partial charge in [-0.15, -0.1) is 0 Å². The summed E-state index contributed by atoms with van der Waals surface area (Å²) in [4.78, 5) is 9.97. The second kappa shape index (κ2) is 7.99. The number of ether oxygens (including phenoxy) is 1. The molecule has 4 rings (SSSR count). The number of nitrogens with zero attached hydrogens (tertiary/aromatic N) is 3. The molecule has 0 radical (unpaired) electrons. The smallest absolute Gasteiger partial charge is 0.118 e. The third-order valence-corrected chi connectivity index (χ3v) is 6.15. The molecular formula is C23H31N3O. The summed E-state index contributed by atoms with van der Waals surface area (Å²) in [5.41, 5.74) is 4.17. The highest BCUT2D eigenvalue weighted by Gasteiger charge is 2.41. The number of methoxy groups -OCH3 is 1. The molecule has 2 aliphatic heterocycles. The summed E-state index contributed by atoms with van der Waals surface area (Å²) in [7, 11) is 1.72. The molecule has 1 aromatic heterocycles. The maximum Gasteiger partial charge on any atom is 0.118 e. The summed E-state index contributed by atoms with van der Waals surface area (Å²) in [6, 6.07) is 14.9. The van der Waals surface area contributed by atoms with E-state index in [1.165, 1.54) is 56.7 Å². The van der Waals surface area contributed by atoms with Gasteiger partial charge in [-0.25, -0.2) is 0 Å². The predicted molar refractivity (Wildman–Crippen MR) is 109 cm³/mol. The Labute approximate surface area is 163 Å². The van der Waals surface area contributed by atoms with Crippen molar-refractivity contribution in [2.75, 3.05) is 33.3 Å². The molecule has 1 atom stereocenters. The topological polar surface area (TPSA) is 28.6 Å². The van der Waals surface area contributed by atoms with Crippen molar-refractivity contribution in [2.24, 2.45) is 5.41 Å². The third kappa shape index (κ3) is 4.50. The first-order valence-corrected chi connectivity index (χ1v) is 10.1. The number of aryl methyl sites for hydroxylation is 1. The van der Waals surface area contributed by atoms with Crippen LogP contribution in [0.4, 0.5) is 0 Å². The highest BCUT2D eigenvalue weighted by Crippen LogP contribution is 2.39. The van der Waals surface area contributed by atoms with Gasteiger partial charge in [0, 0.05) is 31.9 Å². The van der Waals surface area contributed by atoms with Crippen LogP contribution in [0.2, 0.25) is 0 Å². The number of piperidine rings is 1. The second-order valence-corrected chi connectivity index (χ2v) is 8.39. The van der Waals surface area contributed by atoms with E-state index in [0.717, 1.165) is 24.5 Å². The van der Waals surface area contributed by atoms with E-state index in [2.05, 4.69) is 59.2 Å². The lowest BCUT2D eigenvalue weighted by atomic mass is 9.79. The van der Waals surface area contributed by atoms with E-state index < -0.39 is 0 Å². The average Bonchev–Trinajstić information content (AvgIpc) is 3.04. The Morgan fingerprint density at radius 2 is 1.74 bits per heavy atom. The van der Waals surface area contributed by atoms with Crippen LogP contribution in [0.1, 0.15) is 36.2 Å². The summed E-state index contributed by atoms with van der Waals surface area (Å²) < 4.78 is 5.27. The number of hydrogen-bond acceptors (Lipinski definition) is 4. The van der Waals surface area contributed by atoms with Gasteiger partial charge in [-0.2, -0.15) is 0 Å². The number of pyridine rings is 1. The molecule has 27 heavy (non-hydrogen) atoms. The zero-order chi connectivity index (χ0) is 18.7. The van der Waals surface area contributed by atoms with Gasteiger partial charge in [0.2, 0.25) is 0 Å². The monoisotopic (exact) mass is 365 g/mol. The van der Waals surface area contributed by atoms with E-state index in [9.17, 15) is 0 Å². The molecule has 4 heteroatoms. The van der Waals surface area contributed by atoms with Gasteiger partial charge >= 0.3 is 0 Å². The molecule has 144 valence electrons. The Morgan fingerprint density at radius 1 is 0.963 bits per heavy atom. The van der Waals surface area contributed by atoms with Crippen LogP contribution in [0, 0.1) is 12.3 Å². The van der Waals surface area contributed by atoms with E-state index >= 15 is 0 Å². The predicted octanol–water partition coefficient (Wildman–Crippen LogP) is 3.89. The molecule has 0 N–H and O–H groups in total. The molecule has 2 saturated heterocycles. The normalized spacial score (nSPS) is 23.8. The SMILES string of the molecule is COc1ccc(CN2CCC3(CCCN(Cc4cccc(C)n4)C3)C2)cc1. The molecule has 0 saturated carbocycles. The molecule has 2 aromatic rings. The molecule has 0 amide bonds. The first-order chi connectivity index (χ1) is 13.1. The lowest BCUT2D eigenvalue weighted by Gasteiger charge is -2.40. The van der Waals surface area contributed by atoms with E-state index in [4.69, 9.17) is 9.72 Å². The molecular weight excluding hydrogens is 334 g/mol. The second-order valence-electron chi connectivity index (χ2n) is 8.39. The van der Waals surface area contributed by atoms with Crippen LogP contribution < -0.4 is 4.74 Å². The van der Waals surface area contributed by atoms with E-state index in [1.54, 1.807) is 7.11 Å². The minimum Gasteiger partial charge on any atom is -0.497 e. The molecule has 2 fully saturated rings. The Bertz CT molecular complexity index is 760. The summed E-state index contributed by atoms with van der Waals surface area (Å²) >= 11 is 0. The van der Waals surface area contributed by atoms with Crippen LogP contribution in [-0.4, -0.2) is 48.1 Å². The van der Waals surface area contributed by atoms with Crippen LogP contribution in [0.15, 0.2) is 42.5 Å². The molecule has 1 unspecified atom stereocenters. The van der Waals surface area contributed by atoms with Crippen molar-refractivity contribution >= 4 is 0 Å². The first kappa shape index (κ1) is 18.5. The fourth-order valence-corrected chi connectivity index (χ4v) is 4.85. The van der Waals surface area contributed by atoms with Gasteiger partial charge in [-0.1, -0.05) is 18.2 Å². The number of benzene rings is 1. The first-order valence-electron chi connectivity index (χ1n) is 10.1. The van der Waals surface area contributed by atoms with Crippen LogP contribution in [0.5, 0.6) is 5.75 Å². The lowest BCUT2D eigenvalue weighted by molar-refractivity contribution is 0.0857. The summed E-state index contributed by atoms with van der Waals surface area (Å²) in [5, 5.41) is 0. The van der Waals surface area contributed by atoms with Crippen molar-refractivity contribution in [1.82, 2.24) is 14.8 Å².